The van der Waals surface area contributed by atoms with Gasteiger partial charge in [0.1, 0.15) is 12.4 Å². The first kappa shape index (κ1) is 14.5. The number of para-hydroxylation sites is 1. The lowest BCUT2D eigenvalue weighted by atomic mass is 10.3. The molecular weight excluding hydrogens is 232 g/mol. The molecule has 1 rings (SSSR count). The molecule has 0 aliphatic rings. The molecule has 0 fully saturated rings. The fraction of sp³-hybridized carbons (Fsp3) is 0.500. The van der Waals surface area contributed by atoms with Crippen LogP contribution in [0.5, 0.6) is 5.75 Å². The molecule has 0 N–H and O–H groups in total. The molecule has 1 atom stereocenters. The maximum atomic E-state index is 11.1. The first-order valence-electron chi connectivity index (χ1n) is 6.17. The van der Waals surface area contributed by atoms with E-state index in [-0.39, 0.29) is 18.5 Å². The number of carbonyl (C=O) groups excluding carboxylic acids is 1. The largest absolute Gasteiger partial charge is 0.491 e. The molecule has 0 aromatic heterocycles. The second-order valence-corrected chi connectivity index (χ2v) is 3.86. The lowest BCUT2D eigenvalue weighted by Crippen LogP contribution is -2.20. The molecule has 4 nitrogen and oxygen atoms in total. The Morgan fingerprint density at radius 2 is 2.00 bits per heavy atom. The van der Waals surface area contributed by atoms with E-state index in [9.17, 15) is 4.79 Å². The van der Waals surface area contributed by atoms with Crippen molar-refractivity contribution >= 4 is 5.97 Å². The summed E-state index contributed by atoms with van der Waals surface area (Å²) in [7, 11) is 0. The molecule has 0 bridgehead atoms. The summed E-state index contributed by atoms with van der Waals surface area (Å²) < 4.78 is 15.8. The van der Waals surface area contributed by atoms with Crippen molar-refractivity contribution in [3.63, 3.8) is 0 Å². The quantitative estimate of drug-likeness (QED) is 0.666. The van der Waals surface area contributed by atoms with Gasteiger partial charge in [0, 0.05) is 0 Å². The van der Waals surface area contributed by atoms with E-state index in [4.69, 9.17) is 14.2 Å². The molecule has 0 aliphatic carbocycles. The van der Waals surface area contributed by atoms with Crippen LogP contribution >= 0.6 is 0 Å². The highest BCUT2D eigenvalue weighted by Crippen LogP contribution is 2.09. The Balaban J connectivity index is 2.11. The highest BCUT2D eigenvalue weighted by molar-refractivity contribution is 5.69. The zero-order chi connectivity index (χ0) is 13.2. The van der Waals surface area contributed by atoms with Crippen molar-refractivity contribution in [1.29, 1.82) is 0 Å². The Labute approximate surface area is 108 Å². The minimum Gasteiger partial charge on any atom is -0.491 e. The van der Waals surface area contributed by atoms with Crippen molar-refractivity contribution in [2.24, 2.45) is 0 Å². The number of rotatable bonds is 8. The predicted octanol–water partition coefficient (Wildman–Crippen LogP) is 2.42. The molecule has 1 aromatic carbocycles. The Morgan fingerprint density at radius 3 is 2.67 bits per heavy atom. The molecular formula is C14H20O4. The maximum Gasteiger partial charge on any atom is 0.308 e. The molecule has 0 saturated carbocycles. The summed E-state index contributed by atoms with van der Waals surface area (Å²) in [6, 6.07) is 9.56. The molecule has 0 saturated heterocycles. The second-order valence-electron chi connectivity index (χ2n) is 3.86. The molecule has 0 spiro atoms. The van der Waals surface area contributed by atoms with Gasteiger partial charge in [-0.15, -0.1) is 0 Å². The van der Waals surface area contributed by atoms with Gasteiger partial charge < -0.3 is 14.2 Å². The van der Waals surface area contributed by atoms with E-state index in [1.807, 2.05) is 37.3 Å². The SMILES string of the molecule is CCOC(=O)CCO[C@H](C)COc1ccccc1. The van der Waals surface area contributed by atoms with Gasteiger partial charge in [-0.1, -0.05) is 18.2 Å². The fourth-order valence-corrected chi connectivity index (χ4v) is 1.36. The van der Waals surface area contributed by atoms with E-state index >= 15 is 0 Å². The zero-order valence-corrected chi connectivity index (χ0v) is 10.9. The van der Waals surface area contributed by atoms with E-state index < -0.39 is 0 Å². The van der Waals surface area contributed by atoms with Gasteiger partial charge in [0.05, 0.1) is 25.7 Å². The van der Waals surface area contributed by atoms with Gasteiger partial charge in [-0.2, -0.15) is 0 Å². The third kappa shape index (κ3) is 6.25. The summed E-state index contributed by atoms with van der Waals surface area (Å²) >= 11 is 0. The molecule has 18 heavy (non-hydrogen) atoms. The number of carbonyl (C=O) groups is 1. The van der Waals surface area contributed by atoms with Gasteiger partial charge >= 0.3 is 5.97 Å². The summed E-state index contributed by atoms with van der Waals surface area (Å²) in [5.74, 6) is 0.590. The number of benzene rings is 1. The summed E-state index contributed by atoms with van der Waals surface area (Å²) in [6.45, 7) is 4.93. The van der Waals surface area contributed by atoms with Crippen molar-refractivity contribution in [3.05, 3.63) is 30.3 Å². The van der Waals surface area contributed by atoms with Crippen molar-refractivity contribution in [1.82, 2.24) is 0 Å². The van der Waals surface area contributed by atoms with Crippen LogP contribution in [0.1, 0.15) is 20.3 Å². The molecule has 4 heteroatoms. The van der Waals surface area contributed by atoms with Crippen molar-refractivity contribution in [2.45, 2.75) is 26.4 Å². The van der Waals surface area contributed by atoms with Crippen LogP contribution in [-0.2, 0) is 14.3 Å². The van der Waals surface area contributed by atoms with Crippen molar-refractivity contribution < 1.29 is 19.0 Å². The van der Waals surface area contributed by atoms with Gasteiger partial charge in [-0.25, -0.2) is 0 Å². The highest BCUT2D eigenvalue weighted by atomic mass is 16.5. The smallest absolute Gasteiger partial charge is 0.308 e. The molecule has 0 amide bonds. The van der Waals surface area contributed by atoms with E-state index in [2.05, 4.69) is 0 Å². The van der Waals surface area contributed by atoms with Crippen LogP contribution in [0.3, 0.4) is 0 Å². The lowest BCUT2D eigenvalue weighted by molar-refractivity contribution is -0.144. The number of hydrogen-bond acceptors (Lipinski definition) is 4. The third-order valence-corrected chi connectivity index (χ3v) is 2.24. The molecule has 0 unspecified atom stereocenters. The lowest BCUT2D eigenvalue weighted by Gasteiger charge is -2.14. The summed E-state index contributed by atoms with van der Waals surface area (Å²) in [4.78, 5) is 11.1. The molecule has 0 aliphatic heterocycles. The average Bonchev–Trinajstić information content (AvgIpc) is 2.38. The summed E-state index contributed by atoms with van der Waals surface area (Å²) in [6.07, 6.45) is 0.225. The second kappa shape index (κ2) is 8.53. The molecule has 0 radical (unpaired) electrons. The van der Waals surface area contributed by atoms with Gasteiger partial charge in [-0.3, -0.25) is 4.79 Å². The molecule has 1 aromatic rings. The zero-order valence-electron chi connectivity index (χ0n) is 10.9. The van der Waals surface area contributed by atoms with Crippen LogP contribution in [-0.4, -0.2) is 31.9 Å². The van der Waals surface area contributed by atoms with Crippen molar-refractivity contribution in [2.75, 3.05) is 19.8 Å². The van der Waals surface area contributed by atoms with Gasteiger partial charge in [0.25, 0.3) is 0 Å². The van der Waals surface area contributed by atoms with E-state index in [1.54, 1.807) is 6.92 Å². The van der Waals surface area contributed by atoms with Crippen LogP contribution in [0.25, 0.3) is 0 Å². The normalized spacial score (nSPS) is 11.9. The maximum absolute atomic E-state index is 11.1. The van der Waals surface area contributed by atoms with Gasteiger partial charge in [0.15, 0.2) is 0 Å². The number of ether oxygens (including phenoxy) is 3. The summed E-state index contributed by atoms with van der Waals surface area (Å²) in [5, 5.41) is 0. The minimum atomic E-state index is -0.228. The summed E-state index contributed by atoms with van der Waals surface area (Å²) in [5.41, 5.74) is 0. The standard InChI is InChI=1S/C14H20O4/c1-3-16-14(15)9-10-17-12(2)11-18-13-7-5-4-6-8-13/h4-8,12H,3,9-11H2,1-2H3/t12-/m1/s1. The Hall–Kier alpha value is -1.55. The Morgan fingerprint density at radius 1 is 1.28 bits per heavy atom. The van der Waals surface area contributed by atoms with Crippen LogP contribution in [0.2, 0.25) is 0 Å². The average molecular weight is 252 g/mol. The van der Waals surface area contributed by atoms with E-state index in [1.165, 1.54) is 0 Å². The fourth-order valence-electron chi connectivity index (χ4n) is 1.36. The topological polar surface area (TPSA) is 44.8 Å². The van der Waals surface area contributed by atoms with Crippen LogP contribution in [0.15, 0.2) is 30.3 Å². The Bertz CT molecular complexity index is 337. The number of esters is 1. The van der Waals surface area contributed by atoms with Crippen LogP contribution in [0, 0.1) is 0 Å². The number of hydrogen-bond donors (Lipinski definition) is 0. The molecule has 100 valence electrons. The first-order valence-corrected chi connectivity index (χ1v) is 6.17. The van der Waals surface area contributed by atoms with Crippen LogP contribution < -0.4 is 4.74 Å². The minimum absolute atomic E-state index is 0.0559. The Kier molecular flexibility index (Phi) is 6.87. The van der Waals surface area contributed by atoms with Gasteiger partial charge in [0.2, 0.25) is 0 Å². The van der Waals surface area contributed by atoms with E-state index in [0.717, 1.165) is 5.75 Å². The highest BCUT2D eigenvalue weighted by Gasteiger charge is 2.06. The van der Waals surface area contributed by atoms with Crippen LogP contribution in [0.4, 0.5) is 0 Å². The first-order chi connectivity index (χ1) is 8.72. The van der Waals surface area contributed by atoms with Crippen molar-refractivity contribution in [3.8, 4) is 5.75 Å². The third-order valence-electron chi connectivity index (χ3n) is 2.24. The molecule has 0 heterocycles. The van der Waals surface area contributed by atoms with Gasteiger partial charge in [-0.05, 0) is 26.0 Å². The monoisotopic (exact) mass is 252 g/mol. The predicted molar refractivity (Wildman–Crippen MR) is 68.6 cm³/mol. The van der Waals surface area contributed by atoms with E-state index in [0.29, 0.717) is 19.8 Å².